The zero-order valence-electron chi connectivity index (χ0n) is 17.1. The molecule has 1 aliphatic heterocycles. The second-order valence-corrected chi connectivity index (χ2v) is 7.96. The van der Waals surface area contributed by atoms with E-state index in [1.54, 1.807) is 18.1 Å². The van der Waals surface area contributed by atoms with E-state index in [-0.39, 0.29) is 30.1 Å². The summed E-state index contributed by atoms with van der Waals surface area (Å²) < 4.78 is 5.20. The van der Waals surface area contributed by atoms with Gasteiger partial charge in [-0.25, -0.2) is 0 Å². The number of hydrogen-bond acceptors (Lipinski definition) is 4. The topological polar surface area (TPSA) is 87.7 Å². The van der Waals surface area contributed by atoms with Crippen LogP contribution in [0.3, 0.4) is 0 Å². The second-order valence-electron chi connectivity index (χ2n) is 7.96. The van der Waals surface area contributed by atoms with Crippen LogP contribution in [0.25, 0.3) is 0 Å². The van der Waals surface area contributed by atoms with Gasteiger partial charge in [-0.15, -0.1) is 0 Å². The van der Waals surface area contributed by atoms with E-state index in [9.17, 15) is 14.4 Å². The lowest BCUT2D eigenvalue weighted by molar-refractivity contribution is -0.126. The standard InChI is InChI=1S/C22H31N3O4/c1-29-19-9-5-8-18(14-19)25-15-17(13-21(25)27)22(28)24-11-10-23-20(26)12-16-6-3-2-4-7-16/h5,8-9,14,16-17H,2-4,6-7,10-13,15H2,1H3,(H,23,26)(H,24,28)/t17-/m1/s1. The fourth-order valence-corrected chi connectivity index (χ4v) is 4.17. The average molecular weight is 402 g/mol. The van der Waals surface area contributed by atoms with Crippen LogP contribution in [0.2, 0.25) is 0 Å². The van der Waals surface area contributed by atoms with E-state index in [1.165, 1.54) is 19.3 Å². The molecule has 1 saturated carbocycles. The summed E-state index contributed by atoms with van der Waals surface area (Å²) in [5.41, 5.74) is 0.736. The van der Waals surface area contributed by atoms with Crippen molar-refractivity contribution in [2.45, 2.75) is 44.9 Å². The Bertz CT molecular complexity index is 731. The molecule has 7 heteroatoms. The first-order valence-electron chi connectivity index (χ1n) is 10.6. The molecule has 0 radical (unpaired) electrons. The first-order valence-corrected chi connectivity index (χ1v) is 10.6. The van der Waals surface area contributed by atoms with Crippen molar-refractivity contribution in [2.75, 3.05) is 31.6 Å². The van der Waals surface area contributed by atoms with Crippen LogP contribution in [0, 0.1) is 11.8 Å². The van der Waals surface area contributed by atoms with E-state index < -0.39 is 0 Å². The highest BCUT2D eigenvalue weighted by Gasteiger charge is 2.35. The summed E-state index contributed by atoms with van der Waals surface area (Å²) in [6.45, 7) is 1.14. The number of benzene rings is 1. The molecular formula is C22H31N3O4. The van der Waals surface area contributed by atoms with E-state index in [0.717, 1.165) is 18.5 Å². The summed E-state index contributed by atoms with van der Waals surface area (Å²) in [7, 11) is 1.58. The monoisotopic (exact) mass is 401 g/mol. The molecule has 1 atom stereocenters. The highest BCUT2D eigenvalue weighted by atomic mass is 16.5. The molecule has 0 bridgehead atoms. The molecule has 1 heterocycles. The number of methoxy groups -OCH3 is 1. The predicted octanol–water partition coefficient (Wildman–Crippen LogP) is 2.25. The van der Waals surface area contributed by atoms with Crippen molar-refractivity contribution in [1.82, 2.24) is 10.6 Å². The minimum atomic E-state index is -0.383. The molecule has 3 amide bonds. The molecule has 2 aliphatic rings. The fraction of sp³-hybridized carbons (Fsp3) is 0.591. The molecule has 3 rings (SSSR count). The molecule has 0 unspecified atom stereocenters. The first kappa shape index (κ1) is 21.1. The Morgan fingerprint density at radius 3 is 2.66 bits per heavy atom. The third kappa shape index (κ3) is 5.95. The highest BCUT2D eigenvalue weighted by molar-refractivity contribution is 6.00. The minimum absolute atomic E-state index is 0.0615. The number of hydrogen-bond donors (Lipinski definition) is 2. The lowest BCUT2D eigenvalue weighted by atomic mass is 9.87. The van der Waals surface area contributed by atoms with Crippen molar-refractivity contribution < 1.29 is 19.1 Å². The molecule has 2 fully saturated rings. The molecular weight excluding hydrogens is 370 g/mol. The van der Waals surface area contributed by atoms with Crippen molar-refractivity contribution >= 4 is 23.4 Å². The van der Waals surface area contributed by atoms with Crippen LogP contribution >= 0.6 is 0 Å². The van der Waals surface area contributed by atoms with Gasteiger partial charge in [0, 0.05) is 44.2 Å². The molecule has 0 aromatic heterocycles. The van der Waals surface area contributed by atoms with E-state index in [1.807, 2.05) is 18.2 Å². The van der Waals surface area contributed by atoms with Gasteiger partial charge in [-0.3, -0.25) is 14.4 Å². The van der Waals surface area contributed by atoms with Crippen molar-refractivity contribution in [3.8, 4) is 5.75 Å². The van der Waals surface area contributed by atoms with Crippen LogP contribution < -0.4 is 20.3 Å². The van der Waals surface area contributed by atoms with Gasteiger partial charge in [0.2, 0.25) is 17.7 Å². The van der Waals surface area contributed by atoms with Crippen molar-refractivity contribution in [3.05, 3.63) is 24.3 Å². The number of ether oxygens (including phenoxy) is 1. The van der Waals surface area contributed by atoms with Gasteiger partial charge in [0.25, 0.3) is 0 Å². The summed E-state index contributed by atoms with van der Waals surface area (Å²) in [5.74, 6) is 0.639. The number of amides is 3. The van der Waals surface area contributed by atoms with E-state index >= 15 is 0 Å². The third-order valence-corrected chi connectivity index (χ3v) is 5.81. The van der Waals surface area contributed by atoms with Crippen molar-refractivity contribution in [1.29, 1.82) is 0 Å². The van der Waals surface area contributed by atoms with Crippen molar-refractivity contribution in [2.24, 2.45) is 11.8 Å². The Balaban J connectivity index is 1.38. The maximum atomic E-state index is 12.4. The molecule has 7 nitrogen and oxygen atoms in total. The van der Waals surface area contributed by atoms with Gasteiger partial charge in [-0.1, -0.05) is 25.3 Å². The highest BCUT2D eigenvalue weighted by Crippen LogP contribution is 2.28. The number of carbonyl (C=O) groups excluding carboxylic acids is 3. The molecule has 2 N–H and O–H groups in total. The zero-order chi connectivity index (χ0) is 20.6. The van der Waals surface area contributed by atoms with Crippen LogP contribution in [-0.2, 0) is 14.4 Å². The lowest BCUT2D eigenvalue weighted by Crippen LogP contribution is -2.38. The maximum Gasteiger partial charge on any atom is 0.227 e. The largest absolute Gasteiger partial charge is 0.497 e. The Hall–Kier alpha value is -2.57. The van der Waals surface area contributed by atoms with Gasteiger partial charge in [-0.05, 0) is 30.9 Å². The molecule has 1 aliphatic carbocycles. The molecule has 158 valence electrons. The van der Waals surface area contributed by atoms with Gasteiger partial charge in [0.1, 0.15) is 5.75 Å². The average Bonchev–Trinajstić information content (AvgIpc) is 3.13. The second kappa shape index (κ2) is 10.3. The Morgan fingerprint density at radius 2 is 1.90 bits per heavy atom. The number of rotatable bonds is 8. The normalized spacial score (nSPS) is 19.8. The quantitative estimate of drug-likeness (QED) is 0.654. The lowest BCUT2D eigenvalue weighted by Gasteiger charge is -2.20. The SMILES string of the molecule is COc1cccc(N2C[C@H](C(=O)NCCNC(=O)CC3CCCCC3)CC2=O)c1. The van der Waals surface area contributed by atoms with Gasteiger partial charge in [0.05, 0.1) is 13.0 Å². The smallest absolute Gasteiger partial charge is 0.227 e. The van der Waals surface area contributed by atoms with Crippen molar-refractivity contribution in [3.63, 3.8) is 0 Å². The zero-order valence-corrected chi connectivity index (χ0v) is 17.1. The predicted molar refractivity (Wildman–Crippen MR) is 111 cm³/mol. The van der Waals surface area contributed by atoms with E-state index in [2.05, 4.69) is 10.6 Å². The van der Waals surface area contributed by atoms with Gasteiger partial charge in [-0.2, -0.15) is 0 Å². The Kier molecular flexibility index (Phi) is 7.49. The van der Waals surface area contributed by atoms with Crippen LogP contribution in [0.1, 0.15) is 44.9 Å². The fourth-order valence-electron chi connectivity index (χ4n) is 4.17. The first-order chi connectivity index (χ1) is 14.1. The Morgan fingerprint density at radius 1 is 1.14 bits per heavy atom. The number of anilines is 1. The minimum Gasteiger partial charge on any atom is -0.497 e. The van der Waals surface area contributed by atoms with Gasteiger partial charge in [0.15, 0.2) is 0 Å². The third-order valence-electron chi connectivity index (χ3n) is 5.81. The van der Waals surface area contributed by atoms with E-state index in [4.69, 9.17) is 4.74 Å². The molecule has 0 spiro atoms. The summed E-state index contributed by atoms with van der Waals surface area (Å²) in [6, 6.07) is 7.27. The van der Waals surface area contributed by atoms with Crippen LogP contribution in [0.4, 0.5) is 5.69 Å². The van der Waals surface area contributed by atoms with Gasteiger partial charge < -0.3 is 20.3 Å². The molecule has 29 heavy (non-hydrogen) atoms. The number of nitrogens with one attached hydrogen (secondary N) is 2. The van der Waals surface area contributed by atoms with Gasteiger partial charge >= 0.3 is 0 Å². The maximum absolute atomic E-state index is 12.4. The Labute approximate surface area is 172 Å². The molecule has 1 saturated heterocycles. The van der Waals surface area contributed by atoms with Crippen LogP contribution in [0.15, 0.2) is 24.3 Å². The number of nitrogens with zero attached hydrogens (tertiary/aromatic N) is 1. The molecule has 1 aromatic rings. The van der Waals surface area contributed by atoms with Crippen LogP contribution in [-0.4, -0.2) is 44.5 Å². The van der Waals surface area contributed by atoms with E-state index in [0.29, 0.717) is 37.7 Å². The summed E-state index contributed by atoms with van der Waals surface area (Å²) in [4.78, 5) is 38.4. The van der Waals surface area contributed by atoms with Crippen LogP contribution in [0.5, 0.6) is 5.75 Å². The number of carbonyl (C=O) groups is 3. The summed E-state index contributed by atoms with van der Waals surface area (Å²) in [6.07, 6.45) is 6.79. The summed E-state index contributed by atoms with van der Waals surface area (Å²) >= 11 is 0. The summed E-state index contributed by atoms with van der Waals surface area (Å²) in [5, 5.41) is 5.73. The molecule has 1 aromatic carbocycles.